The standard InChI is InChI=1S/C10H6BrF3N2O/c11-7-2-1-5(10(12,13)14)3-6(7)8-4-9(15)16-17-8/h1-4H,(H2,15,16). The first kappa shape index (κ1) is 12.0. The first-order valence-electron chi connectivity index (χ1n) is 4.47. The lowest BCUT2D eigenvalue weighted by Gasteiger charge is -2.08. The number of benzene rings is 1. The molecule has 0 aliphatic rings. The summed E-state index contributed by atoms with van der Waals surface area (Å²) in [4.78, 5) is 0. The van der Waals surface area contributed by atoms with Crippen molar-refractivity contribution in [1.82, 2.24) is 5.16 Å². The van der Waals surface area contributed by atoms with E-state index in [-0.39, 0.29) is 17.1 Å². The van der Waals surface area contributed by atoms with E-state index in [9.17, 15) is 13.2 Å². The first-order valence-corrected chi connectivity index (χ1v) is 5.26. The molecule has 0 saturated carbocycles. The van der Waals surface area contributed by atoms with Crippen molar-refractivity contribution in [3.05, 3.63) is 34.3 Å². The third kappa shape index (κ3) is 2.44. The molecule has 0 radical (unpaired) electrons. The highest BCUT2D eigenvalue weighted by molar-refractivity contribution is 9.10. The van der Waals surface area contributed by atoms with E-state index in [4.69, 9.17) is 10.3 Å². The molecule has 1 heterocycles. The van der Waals surface area contributed by atoms with Gasteiger partial charge in [0.2, 0.25) is 0 Å². The number of rotatable bonds is 1. The highest BCUT2D eigenvalue weighted by atomic mass is 79.9. The quantitative estimate of drug-likeness (QED) is 0.874. The van der Waals surface area contributed by atoms with Crippen LogP contribution in [-0.4, -0.2) is 5.16 Å². The fourth-order valence-corrected chi connectivity index (χ4v) is 1.75. The Kier molecular flexibility index (Phi) is 2.86. The van der Waals surface area contributed by atoms with Crippen molar-refractivity contribution in [3.63, 3.8) is 0 Å². The van der Waals surface area contributed by atoms with Crippen molar-refractivity contribution < 1.29 is 17.7 Å². The Balaban J connectivity index is 2.54. The molecule has 90 valence electrons. The molecule has 0 atom stereocenters. The molecule has 2 aromatic rings. The summed E-state index contributed by atoms with van der Waals surface area (Å²) in [5.74, 6) is 0.296. The topological polar surface area (TPSA) is 52.0 Å². The van der Waals surface area contributed by atoms with Crippen LogP contribution in [0.4, 0.5) is 19.0 Å². The van der Waals surface area contributed by atoms with Gasteiger partial charge in [0.05, 0.1) is 5.56 Å². The Labute approximate surface area is 103 Å². The Morgan fingerprint density at radius 1 is 1.24 bits per heavy atom. The Hall–Kier alpha value is -1.50. The zero-order valence-electron chi connectivity index (χ0n) is 8.25. The van der Waals surface area contributed by atoms with Crippen molar-refractivity contribution in [2.75, 3.05) is 5.73 Å². The maximum absolute atomic E-state index is 12.5. The number of alkyl halides is 3. The van der Waals surface area contributed by atoms with E-state index in [2.05, 4.69) is 21.1 Å². The van der Waals surface area contributed by atoms with Crippen LogP contribution in [0.2, 0.25) is 0 Å². The van der Waals surface area contributed by atoms with Crippen LogP contribution in [-0.2, 0) is 6.18 Å². The minimum Gasteiger partial charge on any atom is -0.381 e. The van der Waals surface area contributed by atoms with Crippen LogP contribution in [0.3, 0.4) is 0 Å². The molecule has 0 saturated heterocycles. The SMILES string of the molecule is Nc1cc(-c2cc(C(F)(F)F)ccc2Br)on1. The van der Waals surface area contributed by atoms with E-state index in [0.717, 1.165) is 12.1 Å². The van der Waals surface area contributed by atoms with Gasteiger partial charge in [-0.3, -0.25) is 0 Å². The van der Waals surface area contributed by atoms with E-state index in [1.807, 2.05) is 0 Å². The van der Waals surface area contributed by atoms with Gasteiger partial charge < -0.3 is 10.3 Å². The predicted octanol–water partition coefficient (Wildman–Crippen LogP) is 3.71. The maximum atomic E-state index is 12.5. The fraction of sp³-hybridized carbons (Fsp3) is 0.100. The van der Waals surface area contributed by atoms with Gasteiger partial charge in [-0.05, 0) is 18.2 Å². The number of anilines is 1. The van der Waals surface area contributed by atoms with Gasteiger partial charge >= 0.3 is 6.18 Å². The van der Waals surface area contributed by atoms with E-state index >= 15 is 0 Å². The molecule has 0 bridgehead atoms. The van der Waals surface area contributed by atoms with Gasteiger partial charge in [0, 0.05) is 16.1 Å². The molecule has 2 N–H and O–H groups in total. The summed E-state index contributed by atoms with van der Waals surface area (Å²) >= 11 is 3.15. The summed E-state index contributed by atoms with van der Waals surface area (Å²) in [6.45, 7) is 0. The van der Waals surface area contributed by atoms with Crippen LogP contribution in [0.15, 0.2) is 33.3 Å². The molecule has 0 fully saturated rings. The predicted molar refractivity (Wildman–Crippen MR) is 59.1 cm³/mol. The molecule has 0 unspecified atom stereocenters. The Morgan fingerprint density at radius 3 is 2.47 bits per heavy atom. The molecule has 0 aliphatic heterocycles. The van der Waals surface area contributed by atoms with Crippen molar-refractivity contribution >= 4 is 21.7 Å². The molecule has 2 rings (SSSR count). The number of nitrogen functional groups attached to an aromatic ring is 1. The van der Waals surface area contributed by atoms with Gasteiger partial charge in [0.1, 0.15) is 0 Å². The molecule has 7 heteroatoms. The first-order chi connectivity index (χ1) is 7.88. The highest BCUT2D eigenvalue weighted by Crippen LogP contribution is 2.36. The summed E-state index contributed by atoms with van der Waals surface area (Å²) < 4.78 is 42.9. The van der Waals surface area contributed by atoms with E-state index < -0.39 is 11.7 Å². The third-order valence-corrected chi connectivity index (χ3v) is 2.78. The summed E-state index contributed by atoms with van der Waals surface area (Å²) in [6, 6.07) is 4.62. The lowest BCUT2D eigenvalue weighted by atomic mass is 10.1. The minimum absolute atomic E-state index is 0.115. The number of hydrogen-bond donors (Lipinski definition) is 1. The van der Waals surface area contributed by atoms with Gasteiger partial charge in [-0.15, -0.1) is 0 Å². The van der Waals surface area contributed by atoms with Gasteiger partial charge in [0.25, 0.3) is 0 Å². The second-order valence-corrected chi connectivity index (χ2v) is 4.16. The third-order valence-electron chi connectivity index (χ3n) is 2.09. The highest BCUT2D eigenvalue weighted by Gasteiger charge is 2.31. The van der Waals surface area contributed by atoms with Crippen molar-refractivity contribution in [2.24, 2.45) is 0 Å². The second kappa shape index (κ2) is 4.06. The number of nitrogens with zero attached hydrogens (tertiary/aromatic N) is 1. The smallest absolute Gasteiger partial charge is 0.381 e. The van der Waals surface area contributed by atoms with E-state index in [1.54, 1.807) is 0 Å². The van der Waals surface area contributed by atoms with E-state index in [1.165, 1.54) is 12.1 Å². The normalized spacial score (nSPS) is 11.8. The average Bonchev–Trinajstić information content (AvgIpc) is 2.63. The van der Waals surface area contributed by atoms with Crippen LogP contribution < -0.4 is 5.73 Å². The Bertz CT molecular complexity index is 551. The van der Waals surface area contributed by atoms with Crippen molar-refractivity contribution in [1.29, 1.82) is 0 Å². The largest absolute Gasteiger partial charge is 0.416 e. The van der Waals surface area contributed by atoms with Crippen LogP contribution in [0.5, 0.6) is 0 Å². The van der Waals surface area contributed by atoms with Crippen molar-refractivity contribution in [2.45, 2.75) is 6.18 Å². The van der Waals surface area contributed by atoms with Crippen LogP contribution >= 0.6 is 15.9 Å². The molecule has 0 aliphatic carbocycles. The molecular formula is C10H6BrF3N2O. The van der Waals surface area contributed by atoms with Gasteiger partial charge in [-0.1, -0.05) is 21.1 Å². The summed E-state index contributed by atoms with van der Waals surface area (Å²) in [5, 5.41) is 3.43. The lowest BCUT2D eigenvalue weighted by molar-refractivity contribution is -0.137. The maximum Gasteiger partial charge on any atom is 0.416 e. The van der Waals surface area contributed by atoms with Gasteiger partial charge in [0.15, 0.2) is 11.6 Å². The lowest BCUT2D eigenvalue weighted by Crippen LogP contribution is -2.04. The van der Waals surface area contributed by atoms with E-state index in [0.29, 0.717) is 4.47 Å². The van der Waals surface area contributed by atoms with Crippen LogP contribution in [0.1, 0.15) is 5.56 Å². The number of hydrogen-bond acceptors (Lipinski definition) is 3. The molecule has 17 heavy (non-hydrogen) atoms. The average molecular weight is 307 g/mol. The molecular weight excluding hydrogens is 301 g/mol. The molecule has 0 spiro atoms. The number of nitrogens with two attached hydrogens (primary N) is 1. The zero-order chi connectivity index (χ0) is 12.6. The molecule has 1 aromatic heterocycles. The minimum atomic E-state index is -4.40. The monoisotopic (exact) mass is 306 g/mol. The summed E-state index contributed by atoms with van der Waals surface area (Å²) in [7, 11) is 0. The fourth-order valence-electron chi connectivity index (χ4n) is 1.31. The molecule has 1 aromatic carbocycles. The number of aromatic nitrogens is 1. The van der Waals surface area contributed by atoms with Gasteiger partial charge in [-0.25, -0.2) is 0 Å². The molecule has 3 nitrogen and oxygen atoms in total. The second-order valence-electron chi connectivity index (χ2n) is 3.31. The summed E-state index contributed by atoms with van der Waals surface area (Å²) in [6.07, 6.45) is -4.40. The zero-order valence-corrected chi connectivity index (χ0v) is 9.84. The molecule has 0 amide bonds. The van der Waals surface area contributed by atoms with Crippen molar-refractivity contribution in [3.8, 4) is 11.3 Å². The van der Waals surface area contributed by atoms with Crippen LogP contribution in [0, 0.1) is 0 Å². The number of halogens is 4. The Morgan fingerprint density at radius 2 is 1.94 bits per heavy atom. The van der Waals surface area contributed by atoms with Gasteiger partial charge in [-0.2, -0.15) is 13.2 Å². The van der Waals surface area contributed by atoms with Crippen LogP contribution in [0.25, 0.3) is 11.3 Å². The summed E-state index contributed by atoms with van der Waals surface area (Å²) in [5.41, 5.74) is 4.84.